The average molecular weight is 425 g/mol. The molecule has 0 N–H and O–H groups in total. The summed E-state index contributed by atoms with van der Waals surface area (Å²) in [6.45, 7) is 18.9. The predicted octanol–water partition coefficient (Wildman–Crippen LogP) is 10.2. The average Bonchev–Trinajstić information content (AvgIpc) is 2.66. The van der Waals surface area contributed by atoms with Crippen LogP contribution in [0.25, 0.3) is 0 Å². The molecule has 0 bridgehead atoms. The van der Waals surface area contributed by atoms with Gasteiger partial charge < -0.3 is 4.43 Å². The molecule has 1 atom stereocenters. The fourth-order valence-corrected chi connectivity index (χ4v) is 10.9. The van der Waals surface area contributed by atoms with Gasteiger partial charge in [-0.2, -0.15) is 0 Å². The lowest BCUT2D eigenvalue weighted by molar-refractivity contribution is 0.163. The van der Waals surface area contributed by atoms with E-state index in [9.17, 15) is 0 Å². The molecule has 0 radical (unpaired) electrons. The van der Waals surface area contributed by atoms with E-state index in [-0.39, 0.29) is 0 Å². The molecule has 0 aliphatic carbocycles. The first kappa shape index (κ1) is 28.9. The summed E-state index contributed by atoms with van der Waals surface area (Å²) in [5.74, 6) is 0. The molecular weight excluding hydrogens is 368 g/mol. The molecular formula is C27H56OSi. The van der Waals surface area contributed by atoms with Gasteiger partial charge in [0, 0.05) is 6.10 Å². The SMILES string of the molecule is C/C=C/C[C@@H](CCCCCCCCCCCCC)O[Si](C(C)C)(C(C)C)C(C)C. The Morgan fingerprint density at radius 1 is 0.655 bits per heavy atom. The van der Waals surface area contributed by atoms with Crippen LogP contribution in [0.15, 0.2) is 12.2 Å². The van der Waals surface area contributed by atoms with Crippen molar-refractivity contribution in [2.24, 2.45) is 0 Å². The highest BCUT2D eigenvalue weighted by atomic mass is 28.4. The van der Waals surface area contributed by atoms with Crippen molar-refractivity contribution in [1.29, 1.82) is 0 Å². The summed E-state index contributed by atoms with van der Waals surface area (Å²) >= 11 is 0. The second kappa shape index (κ2) is 17.6. The summed E-state index contributed by atoms with van der Waals surface area (Å²) in [4.78, 5) is 0. The van der Waals surface area contributed by atoms with Gasteiger partial charge in [0.15, 0.2) is 0 Å². The van der Waals surface area contributed by atoms with Crippen LogP contribution < -0.4 is 0 Å². The third-order valence-electron chi connectivity index (χ3n) is 6.84. The van der Waals surface area contributed by atoms with Gasteiger partial charge in [-0.3, -0.25) is 0 Å². The van der Waals surface area contributed by atoms with E-state index < -0.39 is 8.32 Å². The Kier molecular flexibility index (Phi) is 17.5. The van der Waals surface area contributed by atoms with E-state index >= 15 is 0 Å². The van der Waals surface area contributed by atoms with E-state index in [2.05, 4.69) is 67.5 Å². The number of hydrogen-bond donors (Lipinski definition) is 0. The minimum Gasteiger partial charge on any atom is -0.413 e. The van der Waals surface area contributed by atoms with Gasteiger partial charge in [-0.25, -0.2) is 0 Å². The van der Waals surface area contributed by atoms with Gasteiger partial charge in [-0.1, -0.05) is 131 Å². The van der Waals surface area contributed by atoms with Crippen molar-refractivity contribution < 1.29 is 4.43 Å². The molecule has 0 aromatic heterocycles. The van der Waals surface area contributed by atoms with Crippen LogP contribution in [0.3, 0.4) is 0 Å². The van der Waals surface area contributed by atoms with Crippen LogP contribution in [0.2, 0.25) is 16.6 Å². The normalized spacial score (nSPS) is 14.0. The second-order valence-corrected chi connectivity index (χ2v) is 15.6. The molecule has 0 heterocycles. The summed E-state index contributed by atoms with van der Waals surface area (Å²) in [6.07, 6.45) is 22.8. The quantitative estimate of drug-likeness (QED) is 0.114. The Labute approximate surface area is 186 Å². The molecule has 0 rings (SSSR count). The Morgan fingerprint density at radius 2 is 1.07 bits per heavy atom. The molecule has 0 spiro atoms. The zero-order valence-electron chi connectivity index (χ0n) is 21.6. The Balaban J connectivity index is 4.35. The fourth-order valence-electron chi connectivity index (χ4n) is 5.25. The molecule has 0 amide bonds. The van der Waals surface area contributed by atoms with Crippen molar-refractivity contribution >= 4 is 8.32 Å². The summed E-state index contributed by atoms with van der Waals surface area (Å²) < 4.78 is 7.10. The monoisotopic (exact) mass is 424 g/mol. The highest BCUT2D eigenvalue weighted by Gasteiger charge is 2.46. The standard InChI is InChI=1S/C27H56OSi/c1-9-11-13-14-15-16-17-18-19-20-21-23-27(22-12-10-2)28-29(24(3)4,25(5)6)26(7)8/h10,12,24-27H,9,11,13-23H2,1-8H3/b12-10+/t27-/m0/s1. The molecule has 0 aromatic rings. The second-order valence-electron chi connectivity index (χ2n) is 10.2. The van der Waals surface area contributed by atoms with Crippen LogP contribution in [-0.4, -0.2) is 14.4 Å². The minimum atomic E-state index is -1.77. The molecule has 2 heteroatoms. The van der Waals surface area contributed by atoms with Crippen LogP contribution in [0.1, 0.15) is 139 Å². The third-order valence-corrected chi connectivity index (χ3v) is 13.0. The Hall–Kier alpha value is -0.0831. The fraction of sp³-hybridized carbons (Fsp3) is 0.926. The number of unbranched alkanes of at least 4 members (excludes halogenated alkanes) is 10. The van der Waals surface area contributed by atoms with Crippen molar-refractivity contribution in [3.05, 3.63) is 12.2 Å². The molecule has 0 aliphatic heterocycles. The summed E-state index contributed by atoms with van der Waals surface area (Å²) in [5.41, 5.74) is 2.02. The zero-order chi connectivity index (χ0) is 22.1. The van der Waals surface area contributed by atoms with Crippen molar-refractivity contribution in [1.82, 2.24) is 0 Å². The topological polar surface area (TPSA) is 9.23 Å². The number of rotatable bonds is 19. The molecule has 0 saturated heterocycles. The first-order chi connectivity index (χ1) is 13.8. The van der Waals surface area contributed by atoms with E-state index in [1.54, 1.807) is 0 Å². The molecule has 0 unspecified atom stereocenters. The van der Waals surface area contributed by atoms with Crippen LogP contribution in [-0.2, 0) is 4.43 Å². The van der Waals surface area contributed by atoms with E-state index in [1.807, 2.05) is 0 Å². The molecule has 29 heavy (non-hydrogen) atoms. The largest absolute Gasteiger partial charge is 0.413 e. The van der Waals surface area contributed by atoms with E-state index in [0.29, 0.717) is 22.7 Å². The lowest BCUT2D eigenvalue weighted by Crippen LogP contribution is -2.50. The van der Waals surface area contributed by atoms with Crippen molar-refractivity contribution in [3.63, 3.8) is 0 Å². The van der Waals surface area contributed by atoms with Crippen molar-refractivity contribution in [2.45, 2.75) is 162 Å². The van der Waals surface area contributed by atoms with Crippen LogP contribution in [0.4, 0.5) is 0 Å². The van der Waals surface area contributed by atoms with Gasteiger partial charge in [0.2, 0.25) is 8.32 Å². The molecule has 174 valence electrons. The first-order valence-corrected chi connectivity index (χ1v) is 15.3. The molecule has 1 nitrogen and oxygen atoms in total. The lowest BCUT2D eigenvalue weighted by Gasteiger charge is -2.44. The predicted molar refractivity (Wildman–Crippen MR) is 136 cm³/mol. The maximum absolute atomic E-state index is 7.10. The van der Waals surface area contributed by atoms with Crippen LogP contribution in [0.5, 0.6) is 0 Å². The lowest BCUT2D eigenvalue weighted by atomic mass is 10.0. The van der Waals surface area contributed by atoms with Gasteiger partial charge >= 0.3 is 0 Å². The smallest absolute Gasteiger partial charge is 0.200 e. The molecule has 0 saturated carbocycles. The van der Waals surface area contributed by atoms with Crippen LogP contribution in [0, 0.1) is 0 Å². The van der Waals surface area contributed by atoms with E-state index in [0.717, 1.165) is 6.42 Å². The number of hydrogen-bond acceptors (Lipinski definition) is 1. The van der Waals surface area contributed by atoms with Crippen LogP contribution >= 0.6 is 0 Å². The first-order valence-electron chi connectivity index (χ1n) is 13.1. The van der Waals surface area contributed by atoms with E-state index in [1.165, 1.54) is 77.0 Å². The summed E-state index contributed by atoms with van der Waals surface area (Å²) in [6, 6.07) is 0. The zero-order valence-corrected chi connectivity index (χ0v) is 22.6. The maximum atomic E-state index is 7.10. The van der Waals surface area contributed by atoms with E-state index in [4.69, 9.17) is 4.43 Å². The van der Waals surface area contributed by atoms with Gasteiger partial charge in [-0.15, -0.1) is 0 Å². The molecule has 0 fully saturated rings. The van der Waals surface area contributed by atoms with Gasteiger partial charge in [0.1, 0.15) is 0 Å². The molecule has 0 aromatic carbocycles. The van der Waals surface area contributed by atoms with Gasteiger partial charge in [0.05, 0.1) is 0 Å². The Morgan fingerprint density at radius 3 is 1.45 bits per heavy atom. The van der Waals surface area contributed by atoms with Gasteiger partial charge in [0.25, 0.3) is 0 Å². The third kappa shape index (κ3) is 11.8. The highest BCUT2D eigenvalue weighted by molar-refractivity contribution is 6.77. The Bertz CT molecular complexity index is 364. The summed E-state index contributed by atoms with van der Waals surface area (Å²) in [5, 5.41) is 0. The molecule has 0 aliphatic rings. The minimum absolute atomic E-state index is 0.420. The van der Waals surface area contributed by atoms with Crippen molar-refractivity contribution in [3.8, 4) is 0 Å². The highest BCUT2D eigenvalue weighted by Crippen LogP contribution is 2.43. The number of allylic oxidation sites excluding steroid dienone is 1. The van der Waals surface area contributed by atoms with Gasteiger partial charge in [-0.05, 0) is 36.4 Å². The van der Waals surface area contributed by atoms with Crippen molar-refractivity contribution in [2.75, 3.05) is 0 Å². The summed E-state index contributed by atoms with van der Waals surface area (Å²) in [7, 11) is -1.77. The maximum Gasteiger partial charge on any atom is 0.200 e.